The molecule has 0 aliphatic carbocycles. The van der Waals surface area contributed by atoms with Crippen LogP contribution in [0.15, 0.2) is 0 Å². The minimum Gasteiger partial charge on any atom is -0.375 e. The summed E-state index contributed by atoms with van der Waals surface area (Å²) in [6.07, 6.45) is 0.532. The van der Waals surface area contributed by atoms with E-state index in [1.807, 2.05) is 0 Å². The van der Waals surface area contributed by atoms with Crippen molar-refractivity contribution in [2.45, 2.75) is 30.9 Å². The van der Waals surface area contributed by atoms with Crippen molar-refractivity contribution in [3.63, 3.8) is 0 Å². The molecule has 19 heavy (non-hydrogen) atoms. The first-order chi connectivity index (χ1) is 8.46. The second-order valence-electron chi connectivity index (χ2n) is 3.99. The lowest BCUT2D eigenvalue weighted by molar-refractivity contribution is -0.0643. The van der Waals surface area contributed by atoms with Crippen LogP contribution in [0.1, 0.15) is 19.8 Å². The second-order valence-corrected chi connectivity index (χ2v) is 5.54. The molecule has 10 heteroatoms. The third-order valence-electron chi connectivity index (χ3n) is 1.83. The predicted molar refractivity (Wildman–Crippen MR) is 58.0 cm³/mol. The molecule has 0 unspecified atom stereocenters. The number of ether oxygens (including phenoxy) is 2. The summed E-state index contributed by atoms with van der Waals surface area (Å²) in [6.45, 7) is -1.67. The molecule has 0 bridgehead atoms. The van der Waals surface area contributed by atoms with Gasteiger partial charge in [0.2, 0.25) is 0 Å². The van der Waals surface area contributed by atoms with Gasteiger partial charge in [-0.15, -0.1) is 0 Å². The summed E-state index contributed by atoms with van der Waals surface area (Å²) in [7, 11) is -5.49. The molecule has 0 aliphatic rings. The van der Waals surface area contributed by atoms with E-state index in [0.29, 0.717) is 13.3 Å². The van der Waals surface area contributed by atoms with E-state index in [-0.39, 0.29) is 19.6 Å². The van der Waals surface area contributed by atoms with E-state index in [4.69, 9.17) is 4.55 Å². The molecule has 5 nitrogen and oxygen atoms in total. The Morgan fingerprint density at radius 1 is 1.00 bits per heavy atom. The van der Waals surface area contributed by atoms with Gasteiger partial charge in [-0.2, -0.15) is 17.2 Å². The van der Waals surface area contributed by atoms with Crippen molar-refractivity contribution in [3.8, 4) is 0 Å². The summed E-state index contributed by atoms with van der Waals surface area (Å²) < 4.78 is 87.3. The van der Waals surface area contributed by atoms with Crippen LogP contribution in [0.2, 0.25) is 0 Å². The van der Waals surface area contributed by atoms with E-state index in [2.05, 4.69) is 9.47 Å². The predicted octanol–water partition coefficient (Wildman–Crippen LogP) is 1.94. The van der Waals surface area contributed by atoms with Crippen LogP contribution in [-0.4, -0.2) is 50.6 Å². The maximum atomic E-state index is 12.6. The van der Waals surface area contributed by atoms with Crippen molar-refractivity contribution in [1.29, 1.82) is 0 Å². The molecular weight excluding hydrogens is 296 g/mol. The van der Waals surface area contributed by atoms with E-state index in [1.165, 1.54) is 0 Å². The van der Waals surface area contributed by atoms with Gasteiger partial charge >= 0.3 is 15.4 Å². The number of alkyl halides is 4. The Morgan fingerprint density at radius 2 is 1.42 bits per heavy atom. The average molecular weight is 312 g/mol. The molecule has 0 atom stereocenters. The Bertz CT molecular complexity index is 352. The molecule has 0 spiro atoms. The van der Waals surface area contributed by atoms with Crippen LogP contribution in [0.3, 0.4) is 0 Å². The molecule has 116 valence electrons. The number of hydrogen-bond acceptors (Lipinski definition) is 4. The molecule has 0 aromatic rings. The van der Waals surface area contributed by atoms with Crippen molar-refractivity contribution >= 4 is 10.1 Å². The number of hydrogen-bond donors (Lipinski definition) is 1. The minimum atomic E-state index is -5.49. The third kappa shape index (κ3) is 9.14. The highest BCUT2D eigenvalue weighted by Gasteiger charge is 2.44. The van der Waals surface area contributed by atoms with Gasteiger partial charge in [0.15, 0.2) is 0 Å². The number of unbranched alkanes of at least 4 members (excludes halogenated alkanes) is 1. The first-order valence-corrected chi connectivity index (χ1v) is 6.78. The van der Waals surface area contributed by atoms with E-state index >= 15 is 0 Å². The average Bonchev–Trinajstić information content (AvgIpc) is 2.18. The van der Waals surface area contributed by atoms with Crippen molar-refractivity contribution < 1.29 is 40.0 Å². The highest BCUT2D eigenvalue weighted by atomic mass is 32.2. The fourth-order valence-corrected chi connectivity index (χ4v) is 1.16. The lowest BCUT2D eigenvalue weighted by Crippen LogP contribution is -2.33. The van der Waals surface area contributed by atoms with Crippen LogP contribution in [0.5, 0.6) is 0 Å². The van der Waals surface area contributed by atoms with E-state index < -0.39 is 34.5 Å². The summed E-state index contributed by atoms with van der Waals surface area (Å²) in [5.41, 5.74) is 0. The van der Waals surface area contributed by atoms with Gasteiger partial charge in [0.05, 0.1) is 0 Å². The smallest absolute Gasteiger partial charge is 0.375 e. The molecule has 0 heterocycles. The Morgan fingerprint density at radius 3 is 1.79 bits per heavy atom. The molecule has 0 aromatic carbocycles. The molecule has 0 saturated carbocycles. The summed E-state index contributed by atoms with van der Waals surface area (Å²) in [5, 5.41) is -4.35. The van der Waals surface area contributed by atoms with Gasteiger partial charge in [-0.1, -0.05) is 0 Å². The van der Waals surface area contributed by atoms with E-state index in [9.17, 15) is 26.0 Å². The minimum absolute atomic E-state index is 0.0154. The largest absolute Gasteiger partial charge is 0.392 e. The van der Waals surface area contributed by atoms with Gasteiger partial charge in [-0.25, -0.2) is 8.78 Å². The highest BCUT2D eigenvalue weighted by Crippen LogP contribution is 2.20. The molecule has 0 fully saturated rings. The van der Waals surface area contributed by atoms with Crippen LogP contribution in [-0.2, 0) is 19.6 Å². The van der Waals surface area contributed by atoms with E-state index in [0.717, 1.165) is 0 Å². The van der Waals surface area contributed by atoms with Crippen LogP contribution in [0, 0.1) is 0 Å². The monoisotopic (exact) mass is 312 g/mol. The summed E-state index contributed by atoms with van der Waals surface area (Å²) >= 11 is 0. The van der Waals surface area contributed by atoms with Gasteiger partial charge < -0.3 is 9.47 Å². The van der Waals surface area contributed by atoms with Crippen LogP contribution >= 0.6 is 0 Å². The molecule has 0 rings (SSSR count). The second kappa shape index (κ2) is 7.36. The summed E-state index contributed by atoms with van der Waals surface area (Å²) in [6, 6.07) is 0. The number of rotatable bonds is 10. The zero-order valence-electron chi connectivity index (χ0n) is 10.2. The van der Waals surface area contributed by atoms with Crippen LogP contribution in [0.25, 0.3) is 0 Å². The van der Waals surface area contributed by atoms with Crippen molar-refractivity contribution in [2.24, 2.45) is 0 Å². The SMILES string of the molecule is CC(F)(F)COCCCCOCC(F)(F)S(=O)(=O)O. The molecule has 0 radical (unpaired) electrons. The standard InChI is InChI=1S/C9H16F4O5S/c1-8(10,11)6-17-4-2-3-5-18-7-9(12,13)19(14,15)16/h2-7H2,1H3,(H,14,15,16). The zero-order chi connectivity index (χ0) is 15.2. The Balaban J connectivity index is 3.57. The quantitative estimate of drug-likeness (QED) is 0.379. The maximum absolute atomic E-state index is 12.6. The molecule has 0 aliphatic heterocycles. The Labute approximate surface area is 108 Å². The van der Waals surface area contributed by atoms with Gasteiger partial charge in [-0.05, 0) is 12.8 Å². The maximum Gasteiger partial charge on any atom is 0.392 e. The zero-order valence-corrected chi connectivity index (χ0v) is 11.1. The Hall–Kier alpha value is -0.450. The molecular formula is C9H16F4O5S. The normalized spacial score (nSPS) is 13.8. The van der Waals surface area contributed by atoms with Crippen molar-refractivity contribution in [3.05, 3.63) is 0 Å². The third-order valence-corrected chi connectivity index (χ3v) is 2.70. The van der Waals surface area contributed by atoms with Crippen LogP contribution in [0.4, 0.5) is 17.6 Å². The molecule has 0 amide bonds. The van der Waals surface area contributed by atoms with Gasteiger partial charge in [0.1, 0.15) is 13.2 Å². The fraction of sp³-hybridized carbons (Fsp3) is 1.00. The van der Waals surface area contributed by atoms with Crippen molar-refractivity contribution in [2.75, 3.05) is 26.4 Å². The van der Waals surface area contributed by atoms with Crippen molar-refractivity contribution in [1.82, 2.24) is 0 Å². The molecule has 0 saturated heterocycles. The van der Waals surface area contributed by atoms with Gasteiger partial charge in [0, 0.05) is 20.1 Å². The first kappa shape index (κ1) is 18.6. The summed E-state index contributed by atoms with van der Waals surface area (Å²) in [5.74, 6) is -2.92. The van der Waals surface area contributed by atoms with E-state index in [1.54, 1.807) is 0 Å². The topological polar surface area (TPSA) is 72.8 Å². The Kier molecular flexibility index (Phi) is 7.19. The molecule has 0 aromatic heterocycles. The van der Waals surface area contributed by atoms with Gasteiger partial charge in [-0.3, -0.25) is 4.55 Å². The number of halogens is 4. The van der Waals surface area contributed by atoms with Gasteiger partial charge in [0.25, 0.3) is 5.92 Å². The summed E-state index contributed by atoms with van der Waals surface area (Å²) in [4.78, 5) is 0. The molecule has 1 N–H and O–H groups in total. The lowest BCUT2D eigenvalue weighted by atomic mass is 10.3. The highest BCUT2D eigenvalue weighted by molar-refractivity contribution is 7.86. The fourth-order valence-electron chi connectivity index (χ4n) is 0.925. The van der Waals surface area contributed by atoms with Crippen LogP contribution < -0.4 is 0 Å². The first-order valence-electron chi connectivity index (χ1n) is 5.34. The lowest BCUT2D eigenvalue weighted by Gasteiger charge is -2.13.